The summed E-state index contributed by atoms with van der Waals surface area (Å²) < 4.78 is 0. The Bertz CT molecular complexity index is 828. The number of nitrogens with one attached hydrogen (secondary N) is 1. The zero-order chi connectivity index (χ0) is 17.7. The lowest BCUT2D eigenvalue weighted by molar-refractivity contribution is -0.385. The second-order valence-electron chi connectivity index (χ2n) is 4.88. The van der Waals surface area contributed by atoms with Crippen LogP contribution in [-0.2, 0) is 4.79 Å². The van der Waals surface area contributed by atoms with E-state index in [0.717, 1.165) is 0 Å². The zero-order valence-corrected chi connectivity index (χ0v) is 12.6. The van der Waals surface area contributed by atoms with Crippen molar-refractivity contribution >= 4 is 29.0 Å². The number of nitro benzene ring substituents is 2. The van der Waals surface area contributed by atoms with Crippen LogP contribution in [0.15, 0.2) is 48.5 Å². The molecule has 0 unspecified atom stereocenters. The summed E-state index contributed by atoms with van der Waals surface area (Å²) in [5, 5.41) is 24.0. The summed E-state index contributed by atoms with van der Waals surface area (Å²) in [6, 6.07) is 10.1. The van der Waals surface area contributed by atoms with E-state index in [1.165, 1.54) is 48.6 Å². The van der Waals surface area contributed by atoms with E-state index in [1.54, 1.807) is 13.0 Å². The highest BCUT2D eigenvalue weighted by Crippen LogP contribution is 2.25. The Morgan fingerprint density at radius 2 is 1.71 bits per heavy atom. The molecule has 8 nitrogen and oxygen atoms in total. The molecule has 2 aromatic carbocycles. The van der Waals surface area contributed by atoms with Crippen molar-refractivity contribution in [3.05, 3.63) is 79.9 Å². The second kappa shape index (κ2) is 7.14. The molecule has 0 aliphatic heterocycles. The fraction of sp³-hybridized carbons (Fsp3) is 0.0625. The van der Waals surface area contributed by atoms with Gasteiger partial charge in [0.05, 0.1) is 21.1 Å². The minimum absolute atomic E-state index is 0.0381. The van der Waals surface area contributed by atoms with Crippen molar-refractivity contribution in [1.82, 2.24) is 0 Å². The number of rotatable bonds is 5. The number of carbonyl (C=O) groups excluding carboxylic acids is 1. The van der Waals surface area contributed by atoms with Crippen molar-refractivity contribution in [2.75, 3.05) is 5.32 Å². The number of hydrogen-bond acceptors (Lipinski definition) is 5. The van der Waals surface area contributed by atoms with Crippen molar-refractivity contribution < 1.29 is 14.6 Å². The maximum absolute atomic E-state index is 11.9. The van der Waals surface area contributed by atoms with Crippen molar-refractivity contribution in [2.45, 2.75) is 6.92 Å². The molecule has 122 valence electrons. The van der Waals surface area contributed by atoms with Crippen LogP contribution in [0, 0.1) is 27.2 Å². The molecule has 0 saturated heterocycles. The van der Waals surface area contributed by atoms with Crippen LogP contribution in [0.2, 0.25) is 0 Å². The fourth-order valence-electron chi connectivity index (χ4n) is 2.01. The number of nitrogens with zero attached hydrogens (tertiary/aromatic N) is 2. The van der Waals surface area contributed by atoms with Gasteiger partial charge in [0.15, 0.2) is 0 Å². The van der Waals surface area contributed by atoms with Crippen molar-refractivity contribution in [3.63, 3.8) is 0 Å². The molecule has 0 saturated carbocycles. The summed E-state index contributed by atoms with van der Waals surface area (Å²) in [5.74, 6) is -0.461. The predicted octanol–water partition coefficient (Wildman–Crippen LogP) is 3.46. The summed E-state index contributed by atoms with van der Waals surface area (Å²) in [6.45, 7) is 1.55. The maximum Gasteiger partial charge on any atom is 0.274 e. The van der Waals surface area contributed by atoms with Gasteiger partial charge >= 0.3 is 0 Å². The van der Waals surface area contributed by atoms with Crippen molar-refractivity contribution in [3.8, 4) is 0 Å². The smallest absolute Gasteiger partial charge is 0.274 e. The Labute approximate surface area is 136 Å². The molecule has 1 N–H and O–H groups in total. The standard InChI is InChI=1S/C16H13N3O5/c1-11-14(3-2-4-15(11)19(23)24)17-16(20)10-7-12-5-8-13(9-6-12)18(21)22/h2-10H,1H3,(H,17,20). The molecule has 1 amide bonds. The molecule has 0 spiro atoms. The number of nitro groups is 2. The summed E-state index contributed by atoms with van der Waals surface area (Å²) in [4.78, 5) is 32.3. The first-order valence-corrected chi connectivity index (χ1v) is 6.86. The van der Waals surface area contributed by atoms with Crippen LogP contribution in [-0.4, -0.2) is 15.8 Å². The summed E-state index contributed by atoms with van der Waals surface area (Å²) >= 11 is 0. The summed E-state index contributed by atoms with van der Waals surface area (Å²) in [5.41, 5.74) is 1.21. The minimum atomic E-state index is -0.516. The Balaban J connectivity index is 2.09. The molecular formula is C16H13N3O5. The van der Waals surface area contributed by atoms with Gasteiger partial charge in [0.25, 0.3) is 11.4 Å². The van der Waals surface area contributed by atoms with Gasteiger partial charge < -0.3 is 5.32 Å². The summed E-state index contributed by atoms with van der Waals surface area (Å²) in [6.07, 6.45) is 2.74. The lowest BCUT2D eigenvalue weighted by Crippen LogP contribution is -2.09. The second-order valence-corrected chi connectivity index (χ2v) is 4.88. The van der Waals surface area contributed by atoms with Crippen molar-refractivity contribution in [1.29, 1.82) is 0 Å². The largest absolute Gasteiger partial charge is 0.322 e. The molecule has 2 aromatic rings. The Hall–Kier alpha value is -3.55. The monoisotopic (exact) mass is 327 g/mol. The number of carbonyl (C=O) groups is 1. The lowest BCUT2D eigenvalue weighted by atomic mass is 10.1. The van der Waals surface area contributed by atoms with Gasteiger partial charge in [0.2, 0.25) is 5.91 Å². The maximum atomic E-state index is 11.9. The molecule has 0 fully saturated rings. The van der Waals surface area contributed by atoms with Gasteiger partial charge in [-0.3, -0.25) is 25.0 Å². The van der Waals surface area contributed by atoms with E-state index < -0.39 is 15.8 Å². The molecule has 0 aliphatic rings. The predicted molar refractivity (Wildman–Crippen MR) is 88.6 cm³/mol. The van der Waals surface area contributed by atoms with E-state index in [-0.39, 0.29) is 11.4 Å². The SMILES string of the molecule is Cc1c(NC(=O)C=Cc2ccc([N+](=O)[O-])cc2)cccc1[N+](=O)[O-]. The molecule has 0 bridgehead atoms. The third kappa shape index (κ3) is 4.01. The van der Waals surface area contributed by atoms with E-state index in [1.807, 2.05) is 0 Å². The lowest BCUT2D eigenvalue weighted by Gasteiger charge is -2.06. The van der Waals surface area contributed by atoms with Crippen LogP contribution in [0.25, 0.3) is 6.08 Å². The van der Waals surface area contributed by atoms with E-state index in [9.17, 15) is 25.0 Å². The van der Waals surface area contributed by atoms with Crippen LogP contribution in [0.3, 0.4) is 0 Å². The highest BCUT2D eigenvalue weighted by Gasteiger charge is 2.13. The van der Waals surface area contributed by atoms with Gasteiger partial charge in [-0.15, -0.1) is 0 Å². The first kappa shape index (κ1) is 16.8. The molecule has 2 rings (SSSR count). The Morgan fingerprint density at radius 3 is 2.29 bits per heavy atom. The first-order chi connectivity index (χ1) is 11.4. The molecule has 0 aromatic heterocycles. The Morgan fingerprint density at radius 1 is 1.04 bits per heavy atom. The topological polar surface area (TPSA) is 115 Å². The number of non-ortho nitro benzene ring substituents is 1. The quantitative estimate of drug-likeness (QED) is 0.513. The van der Waals surface area contributed by atoms with Crippen LogP contribution in [0.4, 0.5) is 17.1 Å². The molecule has 0 atom stereocenters. The minimum Gasteiger partial charge on any atom is -0.322 e. The van der Waals surface area contributed by atoms with Gasteiger partial charge in [-0.05, 0) is 36.8 Å². The van der Waals surface area contributed by atoms with Crippen LogP contribution < -0.4 is 5.32 Å². The number of anilines is 1. The molecule has 0 radical (unpaired) electrons. The number of amides is 1. The van der Waals surface area contributed by atoms with Crippen LogP contribution in [0.5, 0.6) is 0 Å². The molecule has 0 aliphatic carbocycles. The highest BCUT2D eigenvalue weighted by molar-refractivity contribution is 6.02. The first-order valence-electron chi connectivity index (χ1n) is 6.86. The normalized spacial score (nSPS) is 10.5. The van der Waals surface area contributed by atoms with E-state index >= 15 is 0 Å². The number of benzene rings is 2. The highest BCUT2D eigenvalue weighted by atomic mass is 16.6. The molecule has 24 heavy (non-hydrogen) atoms. The third-order valence-corrected chi connectivity index (χ3v) is 3.29. The van der Waals surface area contributed by atoms with Crippen LogP contribution in [0.1, 0.15) is 11.1 Å². The van der Waals surface area contributed by atoms with Crippen LogP contribution >= 0.6 is 0 Å². The Kier molecular flexibility index (Phi) is 5.00. The zero-order valence-electron chi connectivity index (χ0n) is 12.6. The average Bonchev–Trinajstić information content (AvgIpc) is 2.55. The van der Waals surface area contributed by atoms with E-state index in [0.29, 0.717) is 16.8 Å². The van der Waals surface area contributed by atoms with Gasteiger partial charge in [-0.1, -0.05) is 6.07 Å². The van der Waals surface area contributed by atoms with Crippen molar-refractivity contribution in [2.24, 2.45) is 0 Å². The van der Waals surface area contributed by atoms with E-state index in [4.69, 9.17) is 0 Å². The number of hydrogen-bond donors (Lipinski definition) is 1. The van der Waals surface area contributed by atoms with Gasteiger partial charge in [-0.2, -0.15) is 0 Å². The molecule has 0 heterocycles. The van der Waals surface area contributed by atoms with Gasteiger partial charge in [0.1, 0.15) is 0 Å². The molecular weight excluding hydrogens is 314 g/mol. The van der Waals surface area contributed by atoms with Gasteiger partial charge in [0, 0.05) is 24.3 Å². The van der Waals surface area contributed by atoms with Gasteiger partial charge in [-0.25, -0.2) is 0 Å². The average molecular weight is 327 g/mol. The fourth-order valence-corrected chi connectivity index (χ4v) is 2.01. The molecule has 8 heteroatoms. The van der Waals surface area contributed by atoms with E-state index in [2.05, 4.69) is 5.32 Å². The third-order valence-electron chi connectivity index (χ3n) is 3.29. The summed E-state index contributed by atoms with van der Waals surface area (Å²) in [7, 11) is 0.